The Bertz CT molecular complexity index is 594. The highest BCUT2D eigenvalue weighted by molar-refractivity contribution is 9.10. The molecule has 0 amide bonds. The predicted molar refractivity (Wildman–Crippen MR) is 87.9 cm³/mol. The van der Waals surface area contributed by atoms with Gasteiger partial charge in [-0.15, -0.1) is 0 Å². The Labute approximate surface area is 134 Å². The Morgan fingerprint density at radius 3 is 2.24 bits per heavy atom. The number of benzene rings is 2. The third-order valence-electron chi connectivity index (χ3n) is 3.52. The Hall–Kier alpha value is -1.19. The largest absolute Gasteiger partial charge is 0.388 e. The fourth-order valence-corrected chi connectivity index (χ4v) is 2.73. The minimum absolute atomic E-state index is 0.116. The van der Waals surface area contributed by atoms with Crippen LogP contribution in [-0.2, 0) is 11.8 Å². The Morgan fingerprint density at radius 1 is 1.10 bits per heavy atom. The van der Waals surface area contributed by atoms with Crippen LogP contribution in [0.2, 0.25) is 0 Å². The van der Waals surface area contributed by atoms with Crippen LogP contribution < -0.4 is 0 Å². The predicted octanol–water partition coefficient (Wildman–Crippen LogP) is 5.16. The van der Waals surface area contributed by atoms with Gasteiger partial charge in [-0.1, -0.05) is 61.0 Å². The fraction of sp³-hybridized carbons (Fsp3) is 0.333. The first-order valence-electron chi connectivity index (χ1n) is 6.99. The maximum atomic E-state index is 13.4. The molecule has 0 aliphatic carbocycles. The van der Waals surface area contributed by atoms with Crippen LogP contribution in [0.5, 0.6) is 0 Å². The molecule has 0 aromatic heterocycles. The Morgan fingerprint density at radius 2 is 1.71 bits per heavy atom. The number of aliphatic hydroxyl groups excluding tert-OH is 1. The van der Waals surface area contributed by atoms with Crippen LogP contribution in [0.1, 0.15) is 43.6 Å². The zero-order valence-electron chi connectivity index (χ0n) is 12.5. The molecule has 2 aromatic carbocycles. The van der Waals surface area contributed by atoms with Crippen molar-refractivity contribution in [2.45, 2.75) is 38.7 Å². The molecule has 0 saturated heterocycles. The molecule has 3 heteroatoms. The molecule has 0 bridgehead atoms. The zero-order valence-corrected chi connectivity index (χ0v) is 14.1. The zero-order chi connectivity index (χ0) is 15.6. The normalized spacial score (nSPS) is 13.2. The average Bonchev–Trinajstić information content (AvgIpc) is 2.37. The molecule has 0 heterocycles. The molecule has 2 aromatic rings. The maximum absolute atomic E-state index is 13.4. The molecule has 1 N–H and O–H groups in total. The van der Waals surface area contributed by atoms with Crippen LogP contribution in [0, 0.1) is 5.82 Å². The van der Waals surface area contributed by atoms with Gasteiger partial charge in [-0.05, 0) is 40.3 Å². The van der Waals surface area contributed by atoms with Gasteiger partial charge in [0.15, 0.2) is 0 Å². The standard InChI is InChI=1S/C18H20BrFO/c1-18(2,3)14-6-4-12(5-7-14)8-17(21)13-9-15(19)11-16(20)10-13/h4-7,9-11,17,21H,8H2,1-3H3. The number of rotatable bonds is 3. The lowest BCUT2D eigenvalue weighted by atomic mass is 9.86. The van der Waals surface area contributed by atoms with E-state index in [0.717, 1.165) is 5.56 Å². The lowest BCUT2D eigenvalue weighted by Gasteiger charge is -2.19. The first-order valence-corrected chi connectivity index (χ1v) is 7.78. The van der Waals surface area contributed by atoms with Crippen molar-refractivity contribution in [2.75, 3.05) is 0 Å². The van der Waals surface area contributed by atoms with Gasteiger partial charge < -0.3 is 5.11 Å². The smallest absolute Gasteiger partial charge is 0.124 e. The van der Waals surface area contributed by atoms with E-state index in [1.807, 2.05) is 12.1 Å². The summed E-state index contributed by atoms with van der Waals surface area (Å²) in [6.45, 7) is 6.50. The number of hydrogen-bond donors (Lipinski definition) is 1. The second-order valence-corrected chi connectivity index (χ2v) is 7.29. The van der Waals surface area contributed by atoms with E-state index in [1.54, 1.807) is 6.07 Å². The second-order valence-electron chi connectivity index (χ2n) is 6.37. The number of aliphatic hydroxyl groups is 1. The number of halogens is 2. The molecule has 0 saturated carbocycles. The van der Waals surface area contributed by atoms with Crippen molar-refractivity contribution >= 4 is 15.9 Å². The molecule has 0 aliphatic heterocycles. The fourth-order valence-electron chi connectivity index (χ4n) is 2.25. The van der Waals surface area contributed by atoms with Crippen molar-refractivity contribution in [1.82, 2.24) is 0 Å². The first-order chi connectivity index (χ1) is 9.75. The third-order valence-corrected chi connectivity index (χ3v) is 3.98. The average molecular weight is 351 g/mol. The lowest BCUT2D eigenvalue weighted by molar-refractivity contribution is 0.178. The quantitative estimate of drug-likeness (QED) is 0.810. The molecule has 112 valence electrons. The highest BCUT2D eigenvalue weighted by Crippen LogP contribution is 2.26. The maximum Gasteiger partial charge on any atom is 0.124 e. The molecule has 0 spiro atoms. The van der Waals surface area contributed by atoms with Crippen molar-refractivity contribution in [3.63, 3.8) is 0 Å². The summed E-state index contributed by atoms with van der Waals surface area (Å²) in [7, 11) is 0. The number of hydrogen-bond acceptors (Lipinski definition) is 1. The van der Waals surface area contributed by atoms with Crippen LogP contribution in [0.4, 0.5) is 4.39 Å². The molecule has 0 radical (unpaired) electrons. The van der Waals surface area contributed by atoms with Gasteiger partial charge in [-0.25, -0.2) is 4.39 Å². The monoisotopic (exact) mass is 350 g/mol. The van der Waals surface area contributed by atoms with Gasteiger partial charge in [-0.3, -0.25) is 0 Å². The van der Waals surface area contributed by atoms with E-state index in [9.17, 15) is 9.50 Å². The molecule has 1 atom stereocenters. The van der Waals surface area contributed by atoms with Crippen molar-refractivity contribution < 1.29 is 9.50 Å². The summed E-state index contributed by atoms with van der Waals surface area (Å²) in [5.41, 5.74) is 3.00. The van der Waals surface area contributed by atoms with E-state index in [2.05, 4.69) is 48.8 Å². The van der Waals surface area contributed by atoms with Gasteiger partial charge in [0, 0.05) is 10.9 Å². The van der Waals surface area contributed by atoms with E-state index in [4.69, 9.17) is 0 Å². The summed E-state index contributed by atoms with van der Waals surface area (Å²) < 4.78 is 14.0. The molecule has 1 unspecified atom stereocenters. The van der Waals surface area contributed by atoms with Crippen LogP contribution in [0.15, 0.2) is 46.9 Å². The van der Waals surface area contributed by atoms with Crippen LogP contribution >= 0.6 is 15.9 Å². The van der Waals surface area contributed by atoms with Gasteiger partial charge in [0.05, 0.1) is 6.10 Å². The third kappa shape index (κ3) is 4.39. The van der Waals surface area contributed by atoms with E-state index in [0.29, 0.717) is 16.5 Å². The van der Waals surface area contributed by atoms with Gasteiger partial charge in [0.1, 0.15) is 5.82 Å². The van der Waals surface area contributed by atoms with Gasteiger partial charge in [0.2, 0.25) is 0 Å². The molecular weight excluding hydrogens is 331 g/mol. The molecule has 21 heavy (non-hydrogen) atoms. The molecule has 2 rings (SSSR count). The minimum atomic E-state index is -0.711. The van der Waals surface area contributed by atoms with Crippen LogP contribution in [0.3, 0.4) is 0 Å². The van der Waals surface area contributed by atoms with Crippen molar-refractivity contribution in [2.24, 2.45) is 0 Å². The molecule has 0 aliphatic rings. The Balaban J connectivity index is 2.14. The topological polar surface area (TPSA) is 20.2 Å². The highest BCUT2D eigenvalue weighted by atomic mass is 79.9. The van der Waals surface area contributed by atoms with E-state index < -0.39 is 6.10 Å². The minimum Gasteiger partial charge on any atom is -0.388 e. The second kappa shape index (κ2) is 6.29. The Kier molecular flexibility index (Phi) is 4.84. The van der Waals surface area contributed by atoms with Gasteiger partial charge in [-0.2, -0.15) is 0 Å². The first kappa shape index (κ1) is 16.2. The van der Waals surface area contributed by atoms with Crippen LogP contribution in [0.25, 0.3) is 0 Å². The molecule has 0 fully saturated rings. The molecular formula is C18H20BrFO. The summed E-state index contributed by atoms with van der Waals surface area (Å²) >= 11 is 3.25. The highest BCUT2D eigenvalue weighted by Gasteiger charge is 2.14. The summed E-state index contributed by atoms with van der Waals surface area (Å²) in [5, 5.41) is 10.3. The van der Waals surface area contributed by atoms with Gasteiger partial charge in [0.25, 0.3) is 0 Å². The lowest BCUT2D eigenvalue weighted by Crippen LogP contribution is -2.11. The SMILES string of the molecule is CC(C)(C)c1ccc(CC(O)c2cc(F)cc(Br)c2)cc1. The van der Waals surface area contributed by atoms with Gasteiger partial charge >= 0.3 is 0 Å². The van der Waals surface area contributed by atoms with Crippen molar-refractivity contribution in [1.29, 1.82) is 0 Å². The molecule has 1 nitrogen and oxygen atoms in total. The summed E-state index contributed by atoms with van der Waals surface area (Å²) in [4.78, 5) is 0. The van der Waals surface area contributed by atoms with E-state index in [1.165, 1.54) is 17.7 Å². The van der Waals surface area contributed by atoms with E-state index in [-0.39, 0.29) is 11.2 Å². The summed E-state index contributed by atoms with van der Waals surface area (Å²) in [6.07, 6.45) is -0.238. The van der Waals surface area contributed by atoms with Crippen LogP contribution in [-0.4, -0.2) is 5.11 Å². The van der Waals surface area contributed by atoms with E-state index >= 15 is 0 Å². The summed E-state index contributed by atoms with van der Waals surface area (Å²) in [6, 6.07) is 12.7. The van der Waals surface area contributed by atoms with Crippen molar-refractivity contribution in [3.05, 3.63) is 69.4 Å². The summed E-state index contributed by atoms with van der Waals surface area (Å²) in [5.74, 6) is -0.346. The van der Waals surface area contributed by atoms with Crippen molar-refractivity contribution in [3.8, 4) is 0 Å².